The van der Waals surface area contributed by atoms with Crippen LogP contribution in [0.3, 0.4) is 0 Å². The van der Waals surface area contributed by atoms with Crippen molar-refractivity contribution in [2.24, 2.45) is 0 Å². The third kappa shape index (κ3) is 3.34. The molecule has 3 N–H and O–H groups in total. The highest BCUT2D eigenvalue weighted by molar-refractivity contribution is 5.57. The lowest BCUT2D eigenvalue weighted by Crippen LogP contribution is -2.16. The number of aromatic nitrogens is 1. The number of hydrogen-bond acceptors (Lipinski definition) is 5. The second-order valence-corrected chi connectivity index (χ2v) is 4.48. The van der Waals surface area contributed by atoms with E-state index in [2.05, 4.69) is 16.4 Å². The summed E-state index contributed by atoms with van der Waals surface area (Å²) in [6.07, 6.45) is 6.85. The number of nitriles is 1. The van der Waals surface area contributed by atoms with Crippen molar-refractivity contribution >= 4 is 11.5 Å². The molecule has 5 nitrogen and oxygen atoms in total. The highest BCUT2D eigenvalue weighted by Gasteiger charge is 2.14. The first-order valence-corrected chi connectivity index (χ1v) is 6.30. The summed E-state index contributed by atoms with van der Waals surface area (Å²) in [5.41, 5.74) is 6.54. The van der Waals surface area contributed by atoms with Gasteiger partial charge in [0.2, 0.25) is 0 Å². The Labute approximate surface area is 107 Å². The van der Waals surface area contributed by atoms with Crippen LogP contribution < -0.4 is 11.1 Å². The third-order valence-electron chi connectivity index (χ3n) is 3.08. The molecule has 0 atom stereocenters. The normalized spacial score (nSPS) is 15.5. The first-order valence-electron chi connectivity index (χ1n) is 6.30. The lowest BCUT2D eigenvalue weighted by Gasteiger charge is -2.12. The smallest absolute Gasteiger partial charge is 0.144 e. The molecular formula is C13H18N4O. The topological polar surface area (TPSA) is 84.0 Å². The van der Waals surface area contributed by atoms with E-state index in [0.29, 0.717) is 36.3 Å². The Hall–Kier alpha value is -1.80. The Morgan fingerprint density at radius 3 is 3.00 bits per heavy atom. The number of nitrogens with two attached hydrogens (primary N) is 1. The van der Waals surface area contributed by atoms with Gasteiger partial charge in [-0.1, -0.05) is 12.8 Å². The van der Waals surface area contributed by atoms with E-state index in [9.17, 15) is 0 Å². The highest BCUT2D eigenvalue weighted by atomic mass is 16.5. The lowest BCUT2D eigenvalue weighted by molar-refractivity contribution is 0.0658. The summed E-state index contributed by atoms with van der Waals surface area (Å²) >= 11 is 0. The van der Waals surface area contributed by atoms with Crippen molar-refractivity contribution in [2.75, 3.05) is 24.2 Å². The van der Waals surface area contributed by atoms with E-state index in [1.165, 1.54) is 25.7 Å². The van der Waals surface area contributed by atoms with Gasteiger partial charge in [-0.2, -0.15) is 5.26 Å². The molecule has 0 radical (unpaired) electrons. The number of nitrogens with one attached hydrogen (secondary N) is 1. The minimum absolute atomic E-state index is 0.418. The van der Waals surface area contributed by atoms with Crippen molar-refractivity contribution in [2.45, 2.75) is 31.8 Å². The van der Waals surface area contributed by atoms with Crippen LogP contribution in [0.15, 0.2) is 12.3 Å². The van der Waals surface area contributed by atoms with Crippen LogP contribution in [0.25, 0.3) is 0 Å². The van der Waals surface area contributed by atoms with Crippen molar-refractivity contribution in [3.63, 3.8) is 0 Å². The standard InChI is InChI=1S/C13H18N4O/c14-8-10-7-11(15)9-17-13(10)16-5-6-18-12-3-1-2-4-12/h7,9,12H,1-6,15H2,(H,16,17). The van der Waals surface area contributed by atoms with E-state index in [-0.39, 0.29) is 0 Å². The van der Waals surface area contributed by atoms with E-state index in [1.807, 2.05) is 0 Å². The van der Waals surface area contributed by atoms with Gasteiger partial charge in [0.05, 0.1) is 30.2 Å². The zero-order valence-corrected chi connectivity index (χ0v) is 10.4. The summed E-state index contributed by atoms with van der Waals surface area (Å²) in [4.78, 5) is 4.10. The molecule has 5 heteroatoms. The average molecular weight is 246 g/mol. The Balaban J connectivity index is 1.77. The average Bonchev–Trinajstić information content (AvgIpc) is 2.89. The van der Waals surface area contributed by atoms with Crippen LogP contribution in [0.2, 0.25) is 0 Å². The number of ether oxygens (including phenoxy) is 1. The summed E-state index contributed by atoms with van der Waals surface area (Å²) < 4.78 is 5.72. The third-order valence-corrected chi connectivity index (χ3v) is 3.08. The van der Waals surface area contributed by atoms with Crippen LogP contribution in [-0.4, -0.2) is 24.2 Å². The molecule has 1 aliphatic carbocycles. The Morgan fingerprint density at radius 1 is 1.50 bits per heavy atom. The Morgan fingerprint density at radius 2 is 2.28 bits per heavy atom. The zero-order valence-electron chi connectivity index (χ0n) is 10.4. The fraction of sp³-hybridized carbons (Fsp3) is 0.538. The number of hydrogen-bond donors (Lipinski definition) is 2. The predicted molar refractivity (Wildman–Crippen MR) is 70.1 cm³/mol. The largest absolute Gasteiger partial charge is 0.397 e. The molecule has 0 bridgehead atoms. The van der Waals surface area contributed by atoms with Crippen LogP contribution in [0.1, 0.15) is 31.2 Å². The van der Waals surface area contributed by atoms with Crippen LogP contribution >= 0.6 is 0 Å². The van der Waals surface area contributed by atoms with Crippen LogP contribution in [0, 0.1) is 11.3 Å². The first kappa shape index (κ1) is 12.7. The van der Waals surface area contributed by atoms with Crippen LogP contribution in [0.4, 0.5) is 11.5 Å². The van der Waals surface area contributed by atoms with Crippen molar-refractivity contribution in [1.29, 1.82) is 5.26 Å². The molecule has 18 heavy (non-hydrogen) atoms. The lowest BCUT2D eigenvalue weighted by atomic mass is 10.2. The minimum Gasteiger partial charge on any atom is -0.397 e. The summed E-state index contributed by atoms with van der Waals surface area (Å²) in [6, 6.07) is 3.69. The molecular weight excluding hydrogens is 228 g/mol. The maximum Gasteiger partial charge on any atom is 0.144 e. The molecule has 1 heterocycles. The van der Waals surface area contributed by atoms with Crippen molar-refractivity contribution in [3.05, 3.63) is 17.8 Å². The van der Waals surface area contributed by atoms with Crippen molar-refractivity contribution in [3.8, 4) is 6.07 Å². The molecule has 0 saturated heterocycles. The van der Waals surface area contributed by atoms with Gasteiger partial charge < -0.3 is 15.8 Å². The molecule has 2 rings (SSSR count). The first-order chi connectivity index (χ1) is 8.79. The van der Waals surface area contributed by atoms with Gasteiger partial charge in [0.1, 0.15) is 11.9 Å². The van der Waals surface area contributed by atoms with Gasteiger partial charge in [-0.05, 0) is 18.9 Å². The fourth-order valence-corrected chi connectivity index (χ4v) is 2.16. The van der Waals surface area contributed by atoms with Gasteiger partial charge in [-0.25, -0.2) is 4.98 Å². The zero-order chi connectivity index (χ0) is 12.8. The summed E-state index contributed by atoms with van der Waals surface area (Å²) in [6.45, 7) is 1.30. The monoisotopic (exact) mass is 246 g/mol. The number of nitrogens with zero attached hydrogens (tertiary/aromatic N) is 2. The van der Waals surface area contributed by atoms with Crippen LogP contribution in [0.5, 0.6) is 0 Å². The molecule has 0 spiro atoms. The number of nitrogen functional groups attached to an aromatic ring is 1. The predicted octanol–water partition coefficient (Wildman–Crippen LogP) is 1.91. The van der Waals surface area contributed by atoms with E-state index in [1.54, 1.807) is 12.3 Å². The van der Waals surface area contributed by atoms with E-state index < -0.39 is 0 Å². The quantitative estimate of drug-likeness (QED) is 0.775. The number of rotatable bonds is 5. The van der Waals surface area contributed by atoms with Gasteiger partial charge in [-0.15, -0.1) is 0 Å². The molecule has 1 aromatic rings. The summed E-state index contributed by atoms with van der Waals surface area (Å²) in [7, 11) is 0. The van der Waals surface area contributed by atoms with Gasteiger partial charge in [0.25, 0.3) is 0 Å². The molecule has 0 aliphatic heterocycles. The van der Waals surface area contributed by atoms with Gasteiger partial charge in [0, 0.05) is 6.54 Å². The molecule has 1 fully saturated rings. The van der Waals surface area contributed by atoms with Gasteiger partial charge >= 0.3 is 0 Å². The van der Waals surface area contributed by atoms with E-state index >= 15 is 0 Å². The van der Waals surface area contributed by atoms with E-state index in [0.717, 1.165) is 0 Å². The highest BCUT2D eigenvalue weighted by Crippen LogP contribution is 2.20. The summed E-state index contributed by atoms with van der Waals surface area (Å²) in [5, 5.41) is 12.1. The van der Waals surface area contributed by atoms with Crippen LogP contribution in [-0.2, 0) is 4.74 Å². The SMILES string of the molecule is N#Cc1cc(N)cnc1NCCOC1CCCC1. The van der Waals surface area contributed by atoms with Crippen molar-refractivity contribution < 1.29 is 4.74 Å². The molecule has 1 aliphatic rings. The van der Waals surface area contributed by atoms with Gasteiger partial charge in [-0.3, -0.25) is 0 Å². The van der Waals surface area contributed by atoms with Crippen molar-refractivity contribution in [1.82, 2.24) is 4.98 Å². The minimum atomic E-state index is 0.418. The molecule has 96 valence electrons. The number of pyridine rings is 1. The maximum absolute atomic E-state index is 8.96. The molecule has 0 amide bonds. The second-order valence-electron chi connectivity index (χ2n) is 4.48. The molecule has 1 saturated carbocycles. The number of anilines is 2. The fourth-order valence-electron chi connectivity index (χ4n) is 2.16. The second kappa shape index (κ2) is 6.22. The molecule has 0 unspecified atom stereocenters. The van der Waals surface area contributed by atoms with Gasteiger partial charge in [0.15, 0.2) is 0 Å². The summed E-state index contributed by atoms with van der Waals surface area (Å²) in [5.74, 6) is 0.571. The molecule has 0 aromatic carbocycles. The molecule has 1 aromatic heterocycles. The Bertz CT molecular complexity index is 435. The Kier molecular flexibility index (Phi) is 4.37. The maximum atomic E-state index is 8.96. The van der Waals surface area contributed by atoms with E-state index in [4.69, 9.17) is 15.7 Å².